The summed E-state index contributed by atoms with van der Waals surface area (Å²) in [6, 6.07) is 4.32. The van der Waals surface area contributed by atoms with Crippen LogP contribution < -0.4 is 10.6 Å². The van der Waals surface area contributed by atoms with Crippen LogP contribution in [0.5, 0.6) is 0 Å². The second-order valence-electron chi connectivity index (χ2n) is 4.11. The molecule has 1 atom stereocenters. The van der Waals surface area contributed by atoms with Crippen LogP contribution in [0, 0.1) is 5.92 Å². The van der Waals surface area contributed by atoms with Crippen molar-refractivity contribution in [2.45, 2.75) is 25.8 Å². The first-order valence-electron chi connectivity index (χ1n) is 5.13. The number of hydrogen-bond acceptors (Lipinski definition) is 3. The maximum atomic E-state index is 5.88. The highest BCUT2D eigenvalue weighted by Crippen LogP contribution is 2.36. The lowest BCUT2D eigenvalue weighted by Gasteiger charge is -2.26. The third-order valence-electron chi connectivity index (χ3n) is 3.07. The molecule has 3 heteroatoms. The molecule has 0 bridgehead atoms. The zero-order valence-corrected chi connectivity index (χ0v) is 8.77. The van der Waals surface area contributed by atoms with E-state index in [1.807, 2.05) is 12.1 Å². The fourth-order valence-electron chi connectivity index (χ4n) is 1.79. The van der Waals surface area contributed by atoms with Crippen molar-refractivity contribution in [3.05, 3.63) is 18.3 Å². The van der Waals surface area contributed by atoms with Gasteiger partial charge < -0.3 is 10.6 Å². The summed E-state index contributed by atoms with van der Waals surface area (Å²) >= 11 is 0. The Hall–Kier alpha value is -1.25. The van der Waals surface area contributed by atoms with Gasteiger partial charge in [-0.1, -0.05) is 0 Å². The minimum Gasteiger partial charge on any atom is -0.396 e. The van der Waals surface area contributed by atoms with Crippen molar-refractivity contribution in [1.82, 2.24) is 4.98 Å². The van der Waals surface area contributed by atoms with E-state index >= 15 is 0 Å². The van der Waals surface area contributed by atoms with Crippen LogP contribution in [-0.2, 0) is 0 Å². The zero-order valence-electron chi connectivity index (χ0n) is 8.77. The summed E-state index contributed by atoms with van der Waals surface area (Å²) in [7, 11) is 2.07. The van der Waals surface area contributed by atoms with Gasteiger partial charge in [0.05, 0.1) is 5.69 Å². The van der Waals surface area contributed by atoms with Crippen molar-refractivity contribution < 1.29 is 0 Å². The Morgan fingerprint density at radius 1 is 1.57 bits per heavy atom. The Bertz CT molecular complexity index is 320. The summed E-state index contributed by atoms with van der Waals surface area (Å²) in [4.78, 5) is 6.50. The van der Waals surface area contributed by atoms with Crippen LogP contribution in [0.2, 0.25) is 0 Å². The van der Waals surface area contributed by atoms with Gasteiger partial charge in [-0.15, -0.1) is 0 Å². The Balaban J connectivity index is 2.17. The molecule has 0 aromatic carbocycles. The molecule has 0 aliphatic heterocycles. The topological polar surface area (TPSA) is 42.2 Å². The molecule has 2 N–H and O–H groups in total. The molecule has 14 heavy (non-hydrogen) atoms. The number of hydrogen-bond donors (Lipinski definition) is 1. The van der Waals surface area contributed by atoms with Gasteiger partial charge in [-0.25, -0.2) is 4.98 Å². The minimum absolute atomic E-state index is 0.548. The van der Waals surface area contributed by atoms with Crippen LogP contribution >= 0.6 is 0 Å². The minimum atomic E-state index is 0.548. The van der Waals surface area contributed by atoms with Crippen molar-refractivity contribution in [2.75, 3.05) is 17.7 Å². The molecule has 1 saturated carbocycles. The van der Waals surface area contributed by atoms with Crippen LogP contribution in [0.4, 0.5) is 11.5 Å². The van der Waals surface area contributed by atoms with Gasteiger partial charge in [-0.3, -0.25) is 0 Å². The Labute approximate surface area is 84.9 Å². The zero-order chi connectivity index (χ0) is 10.1. The Morgan fingerprint density at radius 3 is 2.86 bits per heavy atom. The van der Waals surface area contributed by atoms with Crippen molar-refractivity contribution in [3.8, 4) is 0 Å². The summed E-state index contributed by atoms with van der Waals surface area (Å²) in [5.41, 5.74) is 6.64. The summed E-state index contributed by atoms with van der Waals surface area (Å²) in [6.45, 7) is 2.24. The van der Waals surface area contributed by atoms with Crippen molar-refractivity contribution >= 4 is 11.5 Å². The SMILES string of the molecule is CC(C1CC1)N(C)c1ncccc1N. The Kier molecular flexibility index (Phi) is 2.32. The number of nitrogen functional groups attached to an aromatic ring is 1. The quantitative estimate of drug-likeness (QED) is 0.793. The van der Waals surface area contributed by atoms with Crippen LogP contribution in [0.15, 0.2) is 18.3 Å². The molecule has 1 fully saturated rings. The van der Waals surface area contributed by atoms with Gasteiger partial charge in [-0.05, 0) is 37.8 Å². The van der Waals surface area contributed by atoms with E-state index in [0.717, 1.165) is 17.4 Å². The van der Waals surface area contributed by atoms with E-state index in [1.165, 1.54) is 12.8 Å². The van der Waals surface area contributed by atoms with Crippen molar-refractivity contribution in [1.29, 1.82) is 0 Å². The second-order valence-corrected chi connectivity index (χ2v) is 4.11. The van der Waals surface area contributed by atoms with E-state index in [0.29, 0.717) is 6.04 Å². The predicted octanol–water partition coefficient (Wildman–Crippen LogP) is 1.90. The first-order chi connectivity index (χ1) is 6.70. The molecular formula is C11H17N3. The molecule has 1 aliphatic rings. The highest BCUT2D eigenvalue weighted by molar-refractivity contribution is 5.62. The molecule has 0 spiro atoms. The summed E-state index contributed by atoms with van der Waals surface area (Å²) in [6.07, 6.45) is 4.48. The van der Waals surface area contributed by atoms with Crippen LogP contribution in [-0.4, -0.2) is 18.1 Å². The van der Waals surface area contributed by atoms with E-state index in [2.05, 4.69) is 23.9 Å². The van der Waals surface area contributed by atoms with Gasteiger partial charge in [0.1, 0.15) is 0 Å². The van der Waals surface area contributed by atoms with E-state index in [1.54, 1.807) is 6.20 Å². The number of aromatic nitrogens is 1. The summed E-state index contributed by atoms with van der Waals surface area (Å²) < 4.78 is 0. The predicted molar refractivity (Wildman–Crippen MR) is 59.2 cm³/mol. The monoisotopic (exact) mass is 191 g/mol. The maximum Gasteiger partial charge on any atom is 0.151 e. The van der Waals surface area contributed by atoms with Crippen molar-refractivity contribution in [2.24, 2.45) is 5.92 Å². The average Bonchev–Trinajstić information content (AvgIpc) is 3.00. The van der Waals surface area contributed by atoms with E-state index in [-0.39, 0.29) is 0 Å². The third-order valence-corrected chi connectivity index (χ3v) is 3.07. The first kappa shape index (κ1) is 9.31. The molecule has 3 nitrogen and oxygen atoms in total. The molecule has 2 rings (SSSR count). The lowest BCUT2D eigenvalue weighted by atomic mass is 10.2. The molecule has 1 aromatic rings. The number of pyridine rings is 1. The van der Waals surface area contributed by atoms with Crippen LogP contribution in [0.3, 0.4) is 0 Å². The number of rotatable bonds is 3. The molecule has 1 aromatic heterocycles. The van der Waals surface area contributed by atoms with Crippen molar-refractivity contribution in [3.63, 3.8) is 0 Å². The lowest BCUT2D eigenvalue weighted by molar-refractivity contribution is 0.604. The molecule has 1 unspecified atom stereocenters. The highest BCUT2D eigenvalue weighted by Gasteiger charge is 2.31. The van der Waals surface area contributed by atoms with E-state index in [4.69, 9.17) is 5.73 Å². The first-order valence-corrected chi connectivity index (χ1v) is 5.13. The van der Waals surface area contributed by atoms with Gasteiger partial charge in [0.15, 0.2) is 5.82 Å². The molecule has 0 amide bonds. The molecule has 76 valence electrons. The van der Waals surface area contributed by atoms with E-state index < -0.39 is 0 Å². The number of anilines is 2. The molecule has 1 aliphatic carbocycles. The third kappa shape index (κ3) is 1.67. The largest absolute Gasteiger partial charge is 0.396 e. The van der Waals surface area contributed by atoms with Gasteiger partial charge in [0.25, 0.3) is 0 Å². The van der Waals surface area contributed by atoms with Crippen LogP contribution in [0.1, 0.15) is 19.8 Å². The van der Waals surface area contributed by atoms with E-state index in [9.17, 15) is 0 Å². The maximum absolute atomic E-state index is 5.88. The Morgan fingerprint density at radius 2 is 2.29 bits per heavy atom. The molecular weight excluding hydrogens is 174 g/mol. The van der Waals surface area contributed by atoms with Gasteiger partial charge in [-0.2, -0.15) is 0 Å². The van der Waals surface area contributed by atoms with Gasteiger partial charge in [0, 0.05) is 19.3 Å². The molecule has 0 saturated heterocycles. The van der Waals surface area contributed by atoms with Crippen LogP contribution in [0.25, 0.3) is 0 Å². The standard InChI is InChI=1S/C11H17N3/c1-8(9-5-6-9)14(2)11-10(12)4-3-7-13-11/h3-4,7-9H,5-6,12H2,1-2H3. The smallest absolute Gasteiger partial charge is 0.151 e. The van der Waals surface area contributed by atoms with Gasteiger partial charge in [0.2, 0.25) is 0 Å². The van der Waals surface area contributed by atoms with Gasteiger partial charge >= 0.3 is 0 Å². The molecule has 1 heterocycles. The second kappa shape index (κ2) is 3.48. The summed E-state index contributed by atoms with van der Waals surface area (Å²) in [5.74, 6) is 1.74. The number of nitrogens with two attached hydrogens (primary N) is 1. The number of nitrogens with zero attached hydrogens (tertiary/aromatic N) is 2. The lowest BCUT2D eigenvalue weighted by Crippen LogP contribution is -2.31. The fraction of sp³-hybridized carbons (Fsp3) is 0.545. The molecule has 0 radical (unpaired) electrons. The normalized spacial score (nSPS) is 17.9. The average molecular weight is 191 g/mol. The highest BCUT2D eigenvalue weighted by atomic mass is 15.2. The summed E-state index contributed by atoms with van der Waals surface area (Å²) in [5, 5.41) is 0. The fourth-order valence-corrected chi connectivity index (χ4v) is 1.79.